The fourth-order valence-corrected chi connectivity index (χ4v) is 3.54. The fourth-order valence-electron chi connectivity index (χ4n) is 3.54. The lowest BCUT2D eigenvalue weighted by Gasteiger charge is -2.29. The Bertz CT molecular complexity index is 1050. The predicted molar refractivity (Wildman–Crippen MR) is 107 cm³/mol. The molecule has 1 aliphatic heterocycles. The number of nitrogens with zero attached hydrogens (tertiary/aromatic N) is 4. The van der Waals surface area contributed by atoms with Crippen LogP contribution in [0.4, 0.5) is 5.82 Å². The molecule has 1 aliphatic rings. The molecular weight excluding hydrogens is 336 g/mol. The van der Waals surface area contributed by atoms with Gasteiger partial charge in [-0.2, -0.15) is 9.61 Å². The number of hydrogen-bond donors (Lipinski definition) is 0. The van der Waals surface area contributed by atoms with E-state index >= 15 is 0 Å². The van der Waals surface area contributed by atoms with Crippen LogP contribution in [-0.2, 0) is 4.74 Å². The van der Waals surface area contributed by atoms with Crippen molar-refractivity contribution < 1.29 is 4.74 Å². The molecule has 0 atom stereocenters. The molecule has 3 heterocycles. The van der Waals surface area contributed by atoms with E-state index in [0.717, 1.165) is 60.2 Å². The third-order valence-corrected chi connectivity index (χ3v) is 4.94. The summed E-state index contributed by atoms with van der Waals surface area (Å²) in [6.07, 6.45) is 1.91. The first-order chi connectivity index (χ1) is 13.4. The first-order valence-electron chi connectivity index (χ1n) is 9.22. The summed E-state index contributed by atoms with van der Waals surface area (Å²) in [6.45, 7) is 3.18. The minimum atomic E-state index is 0.733. The maximum Gasteiger partial charge on any atom is 0.165 e. The summed E-state index contributed by atoms with van der Waals surface area (Å²) in [5, 5.41) is 4.68. The Hall–Kier alpha value is -3.18. The zero-order valence-electron chi connectivity index (χ0n) is 15.0. The molecule has 0 unspecified atom stereocenters. The molecule has 1 fully saturated rings. The van der Waals surface area contributed by atoms with Crippen molar-refractivity contribution in [1.29, 1.82) is 0 Å². The molecular formula is C22H20N4O. The van der Waals surface area contributed by atoms with Crippen LogP contribution in [0, 0.1) is 0 Å². The average molecular weight is 356 g/mol. The van der Waals surface area contributed by atoms with Crippen molar-refractivity contribution >= 4 is 11.5 Å². The number of morpholine rings is 1. The molecule has 2 aromatic heterocycles. The third-order valence-electron chi connectivity index (χ3n) is 4.94. The SMILES string of the molecule is c1ccc(-c2cc(N3CCOCC3)n3ncc(-c4ccccc4)c3n2)cc1. The standard InChI is InChI=1S/C22H20N4O/c1-3-7-17(8-4-1)19-16-23-26-21(25-11-13-27-14-12-25)15-20(24-22(19)26)18-9-5-2-6-10-18/h1-10,15-16H,11-14H2. The van der Waals surface area contributed by atoms with Gasteiger partial charge in [0.25, 0.3) is 0 Å². The molecule has 0 amide bonds. The lowest BCUT2D eigenvalue weighted by molar-refractivity contribution is 0.122. The number of benzene rings is 2. The second-order valence-corrected chi connectivity index (χ2v) is 6.62. The van der Waals surface area contributed by atoms with E-state index in [4.69, 9.17) is 9.72 Å². The summed E-state index contributed by atoms with van der Waals surface area (Å²) in [4.78, 5) is 7.31. The van der Waals surface area contributed by atoms with Gasteiger partial charge in [-0.15, -0.1) is 0 Å². The number of ether oxygens (including phenoxy) is 1. The van der Waals surface area contributed by atoms with Crippen LogP contribution in [-0.4, -0.2) is 40.9 Å². The highest BCUT2D eigenvalue weighted by Crippen LogP contribution is 2.30. The Morgan fingerprint density at radius 2 is 1.48 bits per heavy atom. The molecule has 5 nitrogen and oxygen atoms in total. The first-order valence-corrected chi connectivity index (χ1v) is 9.22. The van der Waals surface area contributed by atoms with Gasteiger partial charge in [0.1, 0.15) is 5.82 Å². The molecule has 1 saturated heterocycles. The molecule has 2 aromatic carbocycles. The Morgan fingerprint density at radius 1 is 0.815 bits per heavy atom. The summed E-state index contributed by atoms with van der Waals surface area (Å²) >= 11 is 0. The van der Waals surface area contributed by atoms with E-state index in [1.807, 2.05) is 47.1 Å². The van der Waals surface area contributed by atoms with Crippen LogP contribution in [0.1, 0.15) is 0 Å². The quantitative estimate of drug-likeness (QED) is 0.558. The van der Waals surface area contributed by atoms with Gasteiger partial charge in [-0.25, -0.2) is 4.98 Å². The second-order valence-electron chi connectivity index (χ2n) is 6.62. The van der Waals surface area contributed by atoms with Crippen LogP contribution >= 0.6 is 0 Å². The second kappa shape index (κ2) is 6.85. The number of anilines is 1. The minimum absolute atomic E-state index is 0.733. The van der Waals surface area contributed by atoms with Crippen LogP contribution in [0.15, 0.2) is 72.9 Å². The molecule has 134 valence electrons. The van der Waals surface area contributed by atoms with E-state index in [1.165, 1.54) is 0 Å². The number of aromatic nitrogens is 3. The monoisotopic (exact) mass is 356 g/mol. The Balaban J connectivity index is 1.73. The maximum atomic E-state index is 5.54. The maximum absolute atomic E-state index is 5.54. The van der Waals surface area contributed by atoms with Gasteiger partial charge in [0.2, 0.25) is 0 Å². The summed E-state index contributed by atoms with van der Waals surface area (Å²) in [7, 11) is 0. The summed E-state index contributed by atoms with van der Waals surface area (Å²) in [5.74, 6) is 1.06. The lowest BCUT2D eigenvalue weighted by atomic mass is 10.1. The molecule has 0 bridgehead atoms. The van der Waals surface area contributed by atoms with Gasteiger partial charge in [0.05, 0.1) is 25.1 Å². The Morgan fingerprint density at radius 3 is 2.19 bits per heavy atom. The number of rotatable bonds is 3. The van der Waals surface area contributed by atoms with Crippen LogP contribution in [0.25, 0.3) is 28.0 Å². The predicted octanol–water partition coefficient (Wildman–Crippen LogP) is 3.90. The van der Waals surface area contributed by atoms with Crippen LogP contribution < -0.4 is 4.90 Å². The Labute approximate surface area is 157 Å². The van der Waals surface area contributed by atoms with E-state index in [1.54, 1.807) is 0 Å². The normalized spacial score (nSPS) is 14.6. The zero-order chi connectivity index (χ0) is 18.1. The van der Waals surface area contributed by atoms with Gasteiger partial charge in [-0.3, -0.25) is 0 Å². The van der Waals surface area contributed by atoms with E-state index in [2.05, 4.69) is 40.3 Å². The van der Waals surface area contributed by atoms with Crippen LogP contribution in [0.5, 0.6) is 0 Å². The van der Waals surface area contributed by atoms with Crippen LogP contribution in [0.3, 0.4) is 0 Å². The van der Waals surface area contributed by atoms with Gasteiger partial charge < -0.3 is 9.64 Å². The molecule has 4 aromatic rings. The Kier molecular flexibility index (Phi) is 4.07. The summed E-state index contributed by atoms with van der Waals surface area (Å²) < 4.78 is 7.49. The summed E-state index contributed by atoms with van der Waals surface area (Å²) in [5.41, 5.74) is 5.11. The molecule has 0 N–H and O–H groups in total. The summed E-state index contributed by atoms with van der Waals surface area (Å²) in [6, 6.07) is 22.8. The highest BCUT2D eigenvalue weighted by molar-refractivity contribution is 5.80. The van der Waals surface area contributed by atoms with Gasteiger partial charge >= 0.3 is 0 Å². The molecule has 0 radical (unpaired) electrons. The van der Waals surface area contributed by atoms with Crippen molar-refractivity contribution in [3.63, 3.8) is 0 Å². The largest absolute Gasteiger partial charge is 0.378 e. The lowest BCUT2D eigenvalue weighted by Crippen LogP contribution is -2.37. The molecule has 5 heteroatoms. The van der Waals surface area contributed by atoms with Crippen molar-refractivity contribution in [2.24, 2.45) is 0 Å². The highest BCUT2D eigenvalue weighted by Gasteiger charge is 2.19. The van der Waals surface area contributed by atoms with Gasteiger partial charge in [-0.1, -0.05) is 60.7 Å². The molecule has 27 heavy (non-hydrogen) atoms. The first kappa shape index (κ1) is 16.0. The topological polar surface area (TPSA) is 42.7 Å². The number of hydrogen-bond acceptors (Lipinski definition) is 4. The molecule has 5 rings (SSSR count). The van der Waals surface area contributed by atoms with E-state index in [-0.39, 0.29) is 0 Å². The highest BCUT2D eigenvalue weighted by atomic mass is 16.5. The van der Waals surface area contributed by atoms with Crippen molar-refractivity contribution in [3.8, 4) is 22.4 Å². The van der Waals surface area contributed by atoms with Crippen molar-refractivity contribution in [3.05, 3.63) is 72.9 Å². The van der Waals surface area contributed by atoms with E-state index < -0.39 is 0 Å². The van der Waals surface area contributed by atoms with Gasteiger partial charge in [-0.05, 0) is 5.56 Å². The number of fused-ring (bicyclic) bond motifs is 1. The fraction of sp³-hybridized carbons (Fsp3) is 0.182. The van der Waals surface area contributed by atoms with Gasteiger partial charge in [0, 0.05) is 30.3 Å². The van der Waals surface area contributed by atoms with Crippen molar-refractivity contribution in [1.82, 2.24) is 14.6 Å². The molecule has 0 saturated carbocycles. The minimum Gasteiger partial charge on any atom is -0.378 e. The molecule has 0 spiro atoms. The zero-order valence-corrected chi connectivity index (χ0v) is 15.0. The van der Waals surface area contributed by atoms with Crippen LogP contribution in [0.2, 0.25) is 0 Å². The third kappa shape index (κ3) is 2.96. The average Bonchev–Trinajstić information content (AvgIpc) is 3.19. The van der Waals surface area contributed by atoms with Crippen molar-refractivity contribution in [2.75, 3.05) is 31.2 Å². The van der Waals surface area contributed by atoms with Gasteiger partial charge in [0.15, 0.2) is 5.65 Å². The van der Waals surface area contributed by atoms with Crippen molar-refractivity contribution in [2.45, 2.75) is 0 Å². The molecule has 0 aliphatic carbocycles. The van der Waals surface area contributed by atoms with E-state index in [0.29, 0.717) is 0 Å². The smallest absolute Gasteiger partial charge is 0.165 e. The van der Waals surface area contributed by atoms with E-state index in [9.17, 15) is 0 Å².